The molecule has 5 heteroatoms. The molecule has 0 atom stereocenters. The number of benzene rings is 2. The number of fused-ring (bicyclic) bond motifs is 5. The van der Waals surface area contributed by atoms with Gasteiger partial charge in [-0.1, -0.05) is 48.5 Å². The molecule has 0 radical (unpaired) electrons. The summed E-state index contributed by atoms with van der Waals surface area (Å²) < 4.78 is 2.01. The van der Waals surface area contributed by atoms with Gasteiger partial charge in [0, 0.05) is 40.8 Å². The van der Waals surface area contributed by atoms with Crippen LogP contribution in [0.3, 0.4) is 0 Å². The number of ketones is 2. The number of hydrogen-bond donors (Lipinski definition) is 1. The Morgan fingerprint density at radius 3 is 2.31 bits per heavy atom. The van der Waals surface area contributed by atoms with Gasteiger partial charge in [0.05, 0.1) is 16.9 Å². The van der Waals surface area contributed by atoms with Crippen LogP contribution in [0.2, 0.25) is 0 Å². The number of rotatable bonds is 2. The zero-order valence-electron chi connectivity index (χ0n) is 17.6. The second-order valence-corrected chi connectivity index (χ2v) is 8.57. The molecule has 4 aromatic rings. The molecule has 2 aromatic carbocycles. The predicted octanol–water partition coefficient (Wildman–Crippen LogP) is 5.41. The van der Waals surface area contributed by atoms with Crippen molar-refractivity contribution in [3.63, 3.8) is 0 Å². The van der Waals surface area contributed by atoms with E-state index in [1.807, 2.05) is 46.9 Å². The standard InChI is InChI=1S/C27H22N2O3/c30-20-13-5-4-10-17(20)23-24-19(12-7-14-21(24)31)29-26-18(11-6-15-22(26)32)28-25(27(23)29)16-8-2-1-3-9-16/h1-5,8-10,13,30H,6-7,11-12,14-15H2. The van der Waals surface area contributed by atoms with Gasteiger partial charge in [-0.15, -0.1) is 0 Å². The molecule has 0 unspecified atom stereocenters. The summed E-state index contributed by atoms with van der Waals surface area (Å²) in [6.45, 7) is 0. The van der Waals surface area contributed by atoms with Gasteiger partial charge >= 0.3 is 0 Å². The molecule has 32 heavy (non-hydrogen) atoms. The number of phenols is 1. The molecule has 5 nitrogen and oxygen atoms in total. The van der Waals surface area contributed by atoms with Crippen LogP contribution < -0.4 is 0 Å². The lowest BCUT2D eigenvalue weighted by Crippen LogP contribution is -2.20. The fourth-order valence-electron chi connectivity index (χ4n) is 5.28. The van der Waals surface area contributed by atoms with Gasteiger partial charge in [0.25, 0.3) is 0 Å². The van der Waals surface area contributed by atoms with Crippen molar-refractivity contribution in [1.29, 1.82) is 0 Å². The van der Waals surface area contributed by atoms with Crippen molar-refractivity contribution >= 4 is 17.1 Å². The molecule has 2 heterocycles. The molecule has 0 saturated heterocycles. The minimum Gasteiger partial charge on any atom is -0.507 e. The number of nitrogens with zero attached hydrogens (tertiary/aromatic N) is 2. The Morgan fingerprint density at radius 1 is 0.781 bits per heavy atom. The Hall–Kier alpha value is -3.73. The van der Waals surface area contributed by atoms with E-state index in [-0.39, 0.29) is 17.3 Å². The molecule has 1 N–H and O–H groups in total. The highest BCUT2D eigenvalue weighted by Crippen LogP contribution is 2.45. The second-order valence-electron chi connectivity index (χ2n) is 8.57. The van der Waals surface area contributed by atoms with E-state index in [1.54, 1.807) is 12.1 Å². The molecular formula is C27H22N2O3. The molecule has 158 valence electrons. The molecule has 0 aliphatic heterocycles. The number of aromatic nitrogens is 2. The number of Topliss-reactive ketones (excluding diaryl/α,β-unsaturated/α-hetero) is 2. The fraction of sp³-hybridized carbons (Fsp3) is 0.222. The summed E-state index contributed by atoms with van der Waals surface area (Å²) >= 11 is 0. The maximum Gasteiger partial charge on any atom is 0.181 e. The maximum atomic E-state index is 13.3. The average Bonchev–Trinajstić information content (AvgIpc) is 3.16. The molecule has 0 bridgehead atoms. The SMILES string of the molecule is O=C1CCCc2c1c(-c1ccccc1O)c1c(-c3ccccc3)nc3c(n21)C(=O)CCC3. The third-order valence-corrected chi connectivity index (χ3v) is 6.64. The van der Waals surface area contributed by atoms with Crippen molar-refractivity contribution in [2.24, 2.45) is 0 Å². The minimum absolute atomic E-state index is 0.0595. The summed E-state index contributed by atoms with van der Waals surface area (Å²) in [7, 11) is 0. The molecular weight excluding hydrogens is 400 g/mol. The number of carbonyl (C=O) groups excluding carboxylic acids is 2. The van der Waals surface area contributed by atoms with Gasteiger partial charge in [-0.3, -0.25) is 9.59 Å². The lowest BCUT2D eigenvalue weighted by molar-refractivity contribution is 0.0954. The van der Waals surface area contributed by atoms with Crippen molar-refractivity contribution in [3.8, 4) is 28.1 Å². The summed E-state index contributed by atoms with van der Waals surface area (Å²) in [4.78, 5) is 31.4. The quantitative estimate of drug-likeness (QED) is 0.469. The normalized spacial score (nSPS) is 15.6. The van der Waals surface area contributed by atoms with E-state index in [2.05, 4.69) is 0 Å². The summed E-state index contributed by atoms with van der Waals surface area (Å²) in [6.07, 6.45) is 3.95. The first kappa shape index (κ1) is 19.0. The van der Waals surface area contributed by atoms with Crippen LogP contribution in [0.25, 0.3) is 27.9 Å². The van der Waals surface area contributed by atoms with Crippen molar-refractivity contribution in [2.45, 2.75) is 38.5 Å². The summed E-state index contributed by atoms with van der Waals surface area (Å²) in [5, 5.41) is 10.8. The van der Waals surface area contributed by atoms with E-state index >= 15 is 0 Å². The lowest BCUT2D eigenvalue weighted by Gasteiger charge is -2.20. The van der Waals surface area contributed by atoms with Gasteiger partial charge in [-0.05, 0) is 31.7 Å². The largest absolute Gasteiger partial charge is 0.507 e. The van der Waals surface area contributed by atoms with Gasteiger partial charge in [-0.25, -0.2) is 4.98 Å². The number of carbonyl (C=O) groups is 2. The van der Waals surface area contributed by atoms with Crippen LogP contribution in [0.1, 0.15) is 57.9 Å². The Balaban J connectivity index is 1.86. The molecule has 6 rings (SSSR count). The highest BCUT2D eigenvalue weighted by atomic mass is 16.3. The van der Waals surface area contributed by atoms with Crippen LogP contribution in [-0.2, 0) is 12.8 Å². The Labute approximate surface area is 185 Å². The van der Waals surface area contributed by atoms with Crippen LogP contribution >= 0.6 is 0 Å². The second kappa shape index (κ2) is 7.16. The van der Waals surface area contributed by atoms with E-state index in [0.717, 1.165) is 47.4 Å². The Bertz CT molecular complexity index is 1420. The minimum atomic E-state index is 0.0595. The van der Waals surface area contributed by atoms with E-state index < -0.39 is 0 Å². The van der Waals surface area contributed by atoms with E-state index in [4.69, 9.17) is 4.98 Å². The van der Waals surface area contributed by atoms with Crippen molar-refractivity contribution in [2.75, 3.05) is 0 Å². The first-order valence-corrected chi connectivity index (χ1v) is 11.2. The lowest BCUT2D eigenvalue weighted by atomic mass is 9.90. The zero-order valence-corrected chi connectivity index (χ0v) is 17.6. The van der Waals surface area contributed by atoms with Gasteiger partial charge in [0.2, 0.25) is 0 Å². The van der Waals surface area contributed by atoms with Crippen LogP contribution in [0.15, 0.2) is 54.6 Å². The Kier molecular flexibility index (Phi) is 4.25. The van der Waals surface area contributed by atoms with Crippen LogP contribution in [0.4, 0.5) is 0 Å². The number of phenolic OH excluding ortho intramolecular Hbond substituents is 1. The third kappa shape index (κ3) is 2.67. The first-order chi connectivity index (χ1) is 15.6. The van der Waals surface area contributed by atoms with Gasteiger partial charge in [0.15, 0.2) is 11.6 Å². The number of hydrogen-bond acceptors (Lipinski definition) is 4. The van der Waals surface area contributed by atoms with E-state index in [0.29, 0.717) is 41.6 Å². The Morgan fingerprint density at radius 2 is 1.50 bits per heavy atom. The van der Waals surface area contributed by atoms with Gasteiger partial charge in [0.1, 0.15) is 11.4 Å². The predicted molar refractivity (Wildman–Crippen MR) is 122 cm³/mol. The van der Waals surface area contributed by atoms with Crippen molar-refractivity contribution in [3.05, 3.63) is 77.2 Å². The van der Waals surface area contributed by atoms with E-state index in [9.17, 15) is 14.7 Å². The topological polar surface area (TPSA) is 71.7 Å². The summed E-state index contributed by atoms with van der Waals surface area (Å²) in [5.74, 6) is 0.247. The number of aryl methyl sites for hydroxylation is 2. The molecule has 2 aliphatic rings. The average molecular weight is 422 g/mol. The highest BCUT2D eigenvalue weighted by molar-refractivity contribution is 6.12. The molecule has 2 aliphatic carbocycles. The van der Waals surface area contributed by atoms with Crippen LogP contribution in [0.5, 0.6) is 5.75 Å². The fourth-order valence-corrected chi connectivity index (χ4v) is 5.28. The zero-order chi connectivity index (χ0) is 21.8. The highest BCUT2D eigenvalue weighted by Gasteiger charge is 2.34. The van der Waals surface area contributed by atoms with Gasteiger partial charge < -0.3 is 9.51 Å². The molecule has 0 saturated carbocycles. The summed E-state index contributed by atoms with van der Waals surface area (Å²) in [6, 6.07) is 17.0. The molecule has 0 fully saturated rings. The van der Waals surface area contributed by atoms with Crippen molar-refractivity contribution in [1.82, 2.24) is 9.38 Å². The summed E-state index contributed by atoms with van der Waals surface area (Å²) in [5.41, 5.74) is 6.62. The third-order valence-electron chi connectivity index (χ3n) is 6.64. The monoisotopic (exact) mass is 422 g/mol. The molecule has 2 aromatic heterocycles. The van der Waals surface area contributed by atoms with Crippen molar-refractivity contribution < 1.29 is 14.7 Å². The molecule has 0 spiro atoms. The number of aromatic hydroxyl groups is 1. The van der Waals surface area contributed by atoms with Crippen LogP contribution in [0, 0.1) is 0 Å². The van der Waals surface area contributed by atoms with Crippen LogP contribution in [-0.4, -0.2) is 26.1 Å². The van der Waals surface area contributed by atoms with E-state index in [1.165, 1.54) is 0 Å². The number of para-hydroxylation sites is 1. The maximum absolute atomic E-state index is 13.3. The molecule has 0 amide bonds. The first-order valence-electron chi connectivity index (χ1n) is 11.2. The van der Waals surface area contributed by atoms with Gasteiger partial charge in [-0.2, -0.15) is 0 Å². The smallest absolute Gasteiger partial charge is 0.181 e.